The number of rotatable bonds is 3. The molecule has 1 aliphatic rings. The number of hydrogen-bond donors (Lipinski definition) is 2. The Balaban J connectivity index is 1.98. The van der Waals surface area contributed by atoms with Gasteiger partial charge in [0.1, 0.15) is 0 Å². The maximum Gasteiger partial charge on any atom is 0.257 e. The van der Waals surface area contributed by atoms with Gasteiger partial charge in [-0.05, 0) is 13.3 Å². The molecular formula is C11H18N4O. The van der Waals surface area contributed by atoms with E-state index in [4.69, 9.17) is 5.73 Å². The van der Waals surface area contributed by atoms with Gasteiger partial charge in [-0.1, -0.05) is 13.3 Å². The molecule has 0 unspecified atom stereocenters. The number of nitrogens with one attached hydrogen (secondary N) is 1. The molecule has 1 amide bonds. The van der Waals surface area contributed by atoms with Crippen LogP contribution in [0, 0.1) is 6.92 Å². The normalized spacial score (nSPS) is 18.3. The fraction of sp³-hybridized carbons (Fsp3) is 0.636. The summed E-state index contributed by atoms with van der Waals surface area (Å²) in [5, 5.41) is 6.62. The molecule has 1 aliphatic heterocycles. The van der Waals surface area contributed by atoms with Gasteiger partial charge in [0.2, 0.25) is 0 Å². The number of carbonyl (C=O) groups excluding carboxylic acids is 1. The lowest BCUT2D eigenvalue weighted by molar-refractivity contribution is 0.0386. The van der Waals surface area contributed by atoms with E-state index in [9.17, 15) is 4.79 Å². The van der Waals surface area contributed by atoms with E-state index in [0.717, 1.165) is 18.5 Å². The highest BCUT2D eigenvalue weighted by Crippen LogP contribution is 2.25. The van der Waals surface area contributed by atoms with Crippen LogP contribution in [-0.2, 0) is 0 Å². The number of aryl methyl sites for hydroxylation is 1. The molecular weight excluding hydrogens is 204 g/mol. The topological polar surface area (TPSA) is 75.0 Å². The van der Waals surface area contributed by atoms with Gasteiger partial charge in [-0.2, -0.15) is 5.10 Å². The van der Waals surface area contributed by atoms with Crippen molar-refractivity contribution >= 4 is 5.91 Å². The largest absolute Gasteiger partial charge is 0.335 e. The molecule has 88 valence electrons. The second-order valence-corrected chi connectivity index (χ2v) is 4.68. The predicted octanol–water partition coefficient (Wildman–Crippen LogP) is 0.672. The number of amides is 1. The minimum absolute atomic E-state index is 0.0310. The Hall–Kier alpha value is -1.36. The van der Waals surface area contributed by atoms with Crippen LogP contribution >= 0.6 is 0 Å². The number of aromatic amines is 1. The summed E-state index contributed by atoms with van der Waals surface area (Å²) >= 11 is 0. The van der Waals surface area contributed by atoms with Crippen LogP contribution < -0.4 is 5.73 Å². The Labute approximate surface area is 95.0 Å². The van der Waals surface area contributed by atoms with Crippen molar-refractivity contribution in [3.8, 4) is 0 Å². The quantitative estimate of drug-likeness (QED) is 0.789. The Morgan fingerprint density at radius 3 is 2.88 bits per heavy atom. The molecule has 0 aromatic carbocycles. The van der Waals surface area contributed by atoms with E-state index in [1.54, 1.807) is 11.1 Å². The van der Waals surface area contributed by atoms with E-state index in [-0.39, 0.29) is 11.4 Å². The zero-order valence-corrected chi connectivity index (χ0v) is 9.79. The molecule has 5 heteroatoms. The highest BCUT2D eigenvalue weighted by molar-refractivity contribution is 5.95. The first-order valence-corrected chi connectivity index (χ1v) is 5.64. The van der Waals surface area contributed by atoms with Crippen molar-refractivity contribution in [3.05, 3.63) is 17.5 Å². The smallest absolute Gasteiger partial charge is 0.257 e. The summed E-state index contributed by atoms with van der Waals surface area (Å²) in [7, 11) is 0. The Kier molecular flexibility index (Phi) is 2.71. The summed E-state index contributed by atoms with van der Waals surface area (Å²) < 4.78 is 0. The Bertz CT molecular complexity index is 392. The van der Waals surface area contributed by atoms with Gasteiger partial charge in [0.25, 0.3) is 5.91 Å². The fourth-order valence-electron chi connectivity index (χ4n) is 2.25. The number of H-pyrrole nitrogens is 1. The molecule has 0 radical (unpaired) electrons. The fourth-order valence-corrected chi connectivity index (χ4v) is 2.25. The van der Waals surface area contributed by atoms with Gasteiger partial charge in [-0.3, -0.25) is 9.89 Å². The SMILES string of the molecule is CCCC1(N)CN(C(=O)c2cn[nH]c2C)C1. The molecule has 0 spiro atoms. The summed E-state index contributed by atoms with van der Waals surface area (Å²) in [5.74, 6) is 0.0310. The molecule has 1 aromatic heterocycles. The molecule has 16 heavy (non-hydrogen) atoms. The first-order valence-electron chi connectivity index (χ1n) is 5.64. The van der Waals surface area contributed by atoms with Crippen LogP contribution in [-0.4, -0.2) is 39.6 Å². The number of nitrogens with two attached hydrogens (primary N) is 1. The number of carbonyl (C=O) groups is 1. The van der Waals surface area contributed by atoms with Crippen molar-refractivity contribution < 1.29 is 4.79 Å². The van der Waals surface area contributed by atoms with Crippen molar-refractivity contribution in [1.82, 2.24) is 15.1 Å². The summed E-state index contributed by atoms with van der Waals surface area (Å²) in [6.07, 6.45) is 3.61. The van der Waals surface area contributed by atoms with Crippen LogP contribution in [0.15, 0.2) is 6.20 Å². The summed E-state index contributed by atoms with van der Waals surface area (Å²) in [6.45, 7) is 5.27. The van der Waals surface area contributed by atoms with Gasteiger partial charge in [0.05, 0.1) is 17.3 Å². The Morgan fingerprint density at radius 1 is 1.69 bits per heavy atom. The van der Waals surface area contributed by atoms with Crippen LogP contribution in [0.1, 0.15) is 35.8 Å². The number of aromatic nitrogens is 2. The predicted molar refractivity (Wildman–Crippen MR) is 61.1 cm³/mol. The minimum atomic E-state index is -0.165. The lowest BCUT2D eigenvalue weighted by atomic mass is 9.86. The second kappa shape index (κ2) is 3.90. The van der Waals surface area contributed by atoms with Crippen LogP contribution in [0.5, 0.6) is 0 Å². The van der Waals surface area contributed by atoms with Gasteiger partial charge in [-0.15, -0.1) is 0 Å². The van der Waals surface area contributed by atoms with Gasteiger partial charge in [-0.25, -0.2) is 0 Å². The molecule has 0 bridgehead atoms. The summed E-state index contributed by atoms with van der Waals surface area (Å²) in [5.41, 5.74) is 7.42. The maximum atomic E-state index is 12.0. The highest BCUT2D eigenvalue weighted by atomic mass is 16.2. The molecule has 1 saturated heterocycles. The van der Waals surface area contributed by atoms with E-state index in [1.807, 2.05) is 6.92 Å². The molecule has 3 N–H and O–H groups in total. The average molecular weight is 222 g/mol. The first-order chi connectivity index (χ1) is 7.56. The third-order valence-electron chi connectivity index (χ3n) is 3.11. The average Bonchev–Trinajstić information content (AvgIpc) is 2.60. The summed E-state index contributed by atoms with van der Waals surface area (Å²) in [6, 6.07) is 0. The molecule has 0 atom stereocenters. The van der Waals surface area contributed by atoms with Gasteiger partial charge in [0, 0.05) is 18.8 Å². The number of likely N-dealkylation sites (tertiary alicyclic amines) is 1. The Morgan fingerprint density at radius 2 is 2.38 bits per heavy atom. The molecule has 1 fully saturated rings. The first kappa shape index (κ1) is 11.1. The van der Waals surface area contributed by atoms with Crippen molar-refractivity contribution in [3.63, 3.8) is 0 Å². The number of nitrogens with zero attached hydrogens (tertiary/aromatic N) is 2. The van der Waals surface area contributed by atoms with E-state index in [0.29, 0.717) is 18.7 Å². The lowest BCUT2D eigenvalue weighted by Gasteiger charge is -2.47. The standard InChI is InChI=1S/C11H18N4O/c1-3-4-11(12)6-15(7-11)10(16)9-5-13-14-8(9)2/h5H,3-4,6-7,12H2,1-2H3,(H,13,14). The van der Waals surface area contributed by atoms with Crippen LogP contribution in [0.2, 0.25) is 0 Å². The maximum absolute atomic E-state index is 12.0. The second-order valence-electron chi connectivity index (χ2n) is 4.68. The molecule has 0 saturated carbocycles. The van der Waals surface area contributed by atoms with Crippen molar-refractivity contribution in [2.24, 2.45) is 5.73 Å². The summed E-state index contributed by atoms with van der Waals surface area (Å²) in [4.78, 5) is 13.8. The number of hydrogen-bond acceptors (Lipinski definition) is 3. The highest BCUT2D eigenvalue weighted by Gasteiger charge is 2.41. The van der Waals surface area contributed by atoms with E-state index < -0.39 is 0 Å². The molecule has 2 heterocycles. The molecule has 0 aliphatic carbocycles. The van der Waals surface area contributed by atoms with Crippen molar-refractivity contribution in [2.75, 3.05) is 13.1 Å². The lowest BCUT2D eigenvalue weighted by Crippen LogP contribution is -2.68. The zero-order chi connectivity index (χ0) is 11.8. The van der Waals surface area contributed by atoms with Gasteiger partial charge < -0.3 is 10.6 Å². The monoisotopic (exact) mass is 222 g/mol. The molecule has 2 rings (SSSR count). The van der Waals surface area contributed by atoms with Crippen LogP contribution in [0.25, 0.3) is 0 Å². The zero-order valence-electron chi connectivity index (χ0n) is 9.79. The van der Waals surface area contributed by atoms with E-state index in [1.165, 1.54) is 0 Å². The third kappa shape index (κ3) is 1.82. The van der Waals surface area contributed by atoms with Crippen LogP contribution in [0.3, 0.4) is 0 Å². The van der Waals surface area contributed by atoms with Gasteiger partial charge >= 0.3 is 0 Å². The van der Waals surface area contributed by atoms with Gasteiger partial charge in [0.15, 0.2) is 0 Å². The van der Waals surface area contributed by atoms with Crippen LogP contribution in [0.4, 0.5) is 0 Å². The van der Waals surface area contributed by atoms with Crippen molar-refractivity contribution in [2.45, 2.75) is 32.2 Å². The third-order valence-corrected chi connectivity index (χ3v) is 3.11. The van der Waals surface area contributed by atoms with Crippen molar-refractivity contribution in [1.29, 1.82) is 0 Å². The molecule has 1 aromatic rings. The molecule has 5 nitrogen and oxygen atoms in total. The minimum Gasteiger partial charge on any atom is -0.335 e. The van der Waals surface area contributed by atoms with E-state index >= 15 is 0 Å². The van der Waals surface area contributed by atoms with E-state index in [2.05, 4.69) is 17.1 Å².